The average Bonchev–Trinajstić information content (AvgIpc) is 2.40. The predicted octanol–water partition coefficient (Wildman–Crippen LogP) is 1.70. The fourth-order valence-electron chi connectivity index (χ4n) is 2.90. The summed E-state index contributed by atoms with van der Waals surface area (Å²) in [5.41, 5.74) is 0. The highest BCUT2D eigenvalue weighted by Gasteiger charge is 2.26. The molecule has 1 saturated heterocycles. The van der Waals surface area contributed by atoms with E-state index < -0.39 is 0 Å². The number of likely N-dealkylation sites (tertiary alicyclic amines) is 1. The molecule has 1 aliphatic heterocycles. The quantitative estimate of drug-likeness (QED) is 0.705. The number of methoxy groups -OCH3 is 2. The van der Waals surface area contributed by atoms with E-state index in [-0.39, 0.29) is 12.3 Å². The maximum absolute atomic E-state index is 5.29. The van der Waals surface area contributed by atoms with E-state index in [1.165, 1.54) is 32.5 Å². The Hall–Kier alpha value is -0.160. The first-order valence-corrected chi connectivity index (χ1v) is 7.16. The largest absolute Gasteiger partial charge is 0.354 e. The van der Waals surface area contributed by atoms with Crippen molar-refractivity contribution in [2.45, 2.75) is 52.0 Å². The third-order valence-electron chi connectivity index (χ3n) is 4.19. The maximum atomic E-state index is 5.29. The summed E-state index contributed by atoms with van der Waals surface area (Å²) in [6, 6.07) is 0.742. The SMILES string of the molecule is CCN1CCC(C(C)NC(C)C(OC)OC)CC1. The van der Waals surface area contributed by atoms with Crippen molar-refractivity contribution in [1.29, 1.82) is 0 Å². The van der Waals surface area contributed by atoms with Gasteiger partial charge in [-0.15, -0.1) is 0 Å². The Bertz CT molecular complexity index is 214. The summed E-state index contributed by atoms with van der Waals surface area (Å²) >= 11 is 0. The second-order valence-corrected chi connectivity index (χ2v) is 5.36. The molecule has 1 fully saturated rings. The topological polar surface area (TPSA) is 33.7 Å². The number of hydrogen-bond acceptors (Lipinski definition) is 4. The van der Waals surface area contributed by atoms with Gasteiger partial charge in [-0.3, -0.25) is 0 Å². The summed E-state index contributed by atoms with van der Waals surface area (Å²) in [6.45, 7) is 10.3. The molecule has 1 aliphatic rings. The van der Waals surface area contributed by atoms with Gasteiger partial charge in [0.05, 0.1) is 6.04 Å². The van der Waals surface area contributed by atoms with Gasteiger partial charge < -0.3 is 19.7 Å². The van der Waals surface area contributed by atoms with Crippen LogP contribution in [0.1, 0.15) is 33.6 Å². The molecular formula is C14H30N2O2. The van der Waals surface area contributed by atoms with Crippen LogP contribution in [-0.4, -0.2) is 57.1 Å². The van der Waals surface area contributed by atoms with Crippen molar-refractivity contribution in [2.75, 3.05) is 33.9 Å². The van der Waals surface area contributed by atoms with Crippen LogP contribution in [0.25, 0.3) is 0 Å². The van der Waals surface area contributed by atoms with Crippen molar-refractivity contribution >= 4 is 0 Å². The van der Waals surface area contributed by atoms with Crippen LogP contribution in [-0.2, 0) is 9.47 Å². The lowest BCUT2D eigenvalue weighted by atomic mass is 9.90. The molecule has 0 spiro atoms. The molecule has 0 radical (unpaired) electrons. The van der Waals surface area contributed by atoms with Crippen molar-refractivity contribution in [2.24, 2.45) is 5.92 Å². The van der Waals surface area contributed by atoms with Gasteiger partial charge >= 0.3 is 0 Å². The molecule has 0 saturated carbocycles. The number of hydrogen-bond donors (Lipinski definition) is 1. The zero-order chi connectivity index (χ0) is 13.5. The Labute approximate surface area is 112 Å². The van der Waals surface area contributed by atoms with E-state index >= 15 is 0 Å². The van der Waals surface area contributed by atoms with Gasteiger partial charge in [0, 0.05) is 20.3 Å². The van der Waals surface area contributed by atoms with Gasteiger partial charge in [-0.05, 0) is 52.2 Å². The summed E-state index contributed by atoms with van der Waals surface area (Å²) in [4.78, 5) is 2.53. The minimum atomic E-state index is -0.164. The molecule has 1 rings (SSSR count). The first kappa shape index (κ1) is 15.9. The zero-order valence-electron chi connectivity index (χ0n) is 12.6. The van der Waals surface area contributed by atoms with Crippen molar-refractivity contribution in [3.63, 3.8) is 0 Å². The average molecular weight is 258 g/mol. The van der Waals surface area contributed by atoms with E-state index in [1.54, 1.807) is 14.2 Å². The number of piperidine rings is 1. The number of ether oxygens (including phenoxy) is 2. The molecule has 18 heavy (non-hydrogen) atoms. The molecule has 0 aromatic carbocycles. The van der Waals surface area contributed by atoms with Gasteiger partial charge in [0.25, 0.3) is 0 Å². The molecule has 4 heteroatoms. The highest BCUT2D eigenvalue weighted by Crippen LogP contribution is 2.21. The van der Waals surface area contributed by atoms with Crippen LogP contribution in [0.15, 0.2) is 0 Å². The number of nitrogens with one attached hydrogen (secondary N) is 1. The third kappa shape index (κ3) is 4.50. The zero-order valence-corrected chi connectivity index (χ0v) is 12.6. The molecule has 108 valence electrons. The van der Waals surface area contributed by atoms with Crippen LogP contribution in [0, 0.1) is 5.92 Å². The lowest BCUT2D eigenvalue weighted by Gasteiger charge is -2.36. The van der Waals surface area contributed by atoms with Gasteiger partial charge in [-0.25, -0.2) is 0 Å². The van der Waals surface area contributed by atoms with Crippen LogP contribution in [0.2, 0.25) is 0 Å². The normalized spacial score (nSPS) is 22.3. The standard InChI is InChI=1S/C14H30N2O2/c1-6-16-9-7-13(8-10-16)11(2)15-12(3)14(17-4)18-5/h11-15H,6-10H2,1-5H3. The Balaban J connectivity index is 2.34. The fraction of sp³-hybridized carbons (Fsp3) is 1.00. The lowest BCUT2D eigenvalue weighted by Crippen LogP contribution is -2.49. The van der Waals surface area contributed by atoms with Crippen molar-refractivity contribution < 1.29 is 9.47 Å². The second kappa shape index (κ2) is 8.10. The fourth-order valence-corrected chi connectivity index (χ4v) is 2.90. The summed E-state index contributed by atoms with van der Waals surface area (Å²) in [5.74, 6) is 0.768. The van der Waals surface area contributed by atoms with Crippen molar-refractivity contribution in [3.8, 4) is 0 Å². The Morgan fingerprint density at radius 2 is 1.72 bits per heavy atom. The molecule has 4 nitrogen and oxygen atoms in total. The highest BCUT2D eigenvalue weighted by atomic mass is 16.7. The van der Waals surface area contributed by atoms with Crippen LogP contribution in [0.4, 0.5) is 0 Å². The number of nitrogens with zero attached hydrogens (tertiary/aromatic N) is 1. The predicted molar refractivity (Wildman–Crippen MR) is 74.7 cm³/mol. The second-order valence-electron chi connectivity index (χ2n) is 5.36. The summed E-state index contributed by atoms with van der Waals surface area (Å²) in [5, 5.41) is 3.62. The van der Waals surface area contributed by atoms with Crippen LogP contribution in [0.3, 0.4) is 0 Å². The molecule has 0 bridgehead atoms. The molecule has 1 heterocycles. The first-order chi connectivity index (χ1) is 8.62. The van der Waals surface area contributed by atoms with Gasteiger partial charge in [-0.2, -0.15) is 0 Å². The smallest absolute Gasteiger partial charge is 0.171 e. The van der Waals surface area contributed by atoms with Crippen LogP contribution < -0.4 is 5.32 Å². The van der Waals surface area contributed by atoms with Crippen molar-refractivity contribution in [1.82, 2.24) is 10.2 Å². The summed E-state index contributed by atoms with van der Waals surface area (Å²) < 4.78 is 10.6. The molecule has 2 atom stereocenters. The van der Waals surface area contributed by atoms with Gasteiger partial charge in [0.1, 0.15) is 0 Å². The van der Waals surface area contributed by atoms with Gasteiger partial charge in [-0.1, -0.05) is 6.92 Å². The van der Waals surface area contributed by atoms with E-state index in [0.29, 0.717) is 6.04 Å². The minimum Gasteiger partial charge on any atom is -0.354 e. The van der Waals surface area contributed by atoms with E-state index in [4.69, 9.17) is 9.47 Å². The van der Waals surface area contributed by atoms with Crippen LogP contribution >= 0.6 is 0 Å². The van der Waals surface area contributed by atoms with Crippen molar-refractivity contribution in [3.05, 3.63) is 0 Å². The van der Waals surface area contributed by atoms with Gasteiger partial charge in [0.15, 0.2) is 6.29 Å². The highest BCUT2D eigenvalue weighted by molar-refractivity contribution is 4.81. The Morgan fingerprint density at radius 1 is 1.17 bits per heavy atom. The molecule has 0 amide bonds. The van der Waals surface area contributed by atoms with E-state index in [9.17, 15) is 0 Å². The van der Waals surface area contributed by atoms with Crippen LogP contribution in [0.5, 0.6) is 0 Å². The molecular weight excluding hydrogens is 228 g/mol. The molecule has 2 unspecified atom stereocenters. The molecule has 1 N–H and O–H groups in total. The van der Waals surface area contributed by atoms with E-state index in [2.05, 4.69) is 31.0 Å². The summed E-state index contributed by atoms with van der Waals surface area (Å²) in [6.07, 6.45) is 2.42. The molecule has 0 aliphatic carbocycles. The van der Waals surface area contributed by atoms with Gasteiger partial charge in [0.2, 0.25) is 0 Å². The van der Waals surface area contributed by atoms with E-state index in [0.717, 1.165) is 5.92 Å². The molecule has 0 aromatic heterocycles. The molecule has 0 aromatic rings. The Kier molecular flexibility index (Phi) is 7.15. The van der Waals surface area contributed by atoms with E-state index in [1.807, 2.05) is 0 Å². The third-order valence-corrected chi connectivity index (χ3v) is 4.19. The minimum absolute atomic E-state index is 0.164. The summed E-state index contributed by atoms with van der Waals surface area (Å²) in [7, 11) is 3.38. The lowest BCUT2D eigenvalue weighted by molar-refractivity contribution is -0.121. The monoisotopic (exact) mass is 258 g/mol. The number of rotatable bonds is 7. The first-order valence-electron chi connectivity index (χ1n) is 7.16. The maximum Gasteiger partial charge on any atom is 0.171 e. The Morgan fingerprint density at radius 3 is 2.17 bits per heavy atom.